The van der Waals surface area contributed by atoms with Gasteiger partial charge in [-0.05, 0) is 26.2 Å². The normalized spacial score (nSPS) is 29.5. The van der Waals surface area contributed by atoms with Crippen LogP contribution in [0.3, 0.4) is 0 Å². The Morgan fingerprint density at radius 1 is 1.58 bits per heavy atom. The number of hydrogen-bond acceptors (Lipinski definition) is 2. The van der Waals surface area contributed by atoms with Crippen LogP contribution in [0.25, 0.3) is 0 Å². The van der Waals surface area contributed by atoms with E-state index in [1.54, 1.807) is 11.9 Å². The van der Waals surface area contributed by atoms with Gasteiger partial charge in [-0.2, -0.15) is 0 Å². The molecule has 0 aliphatic carbocycles. The summed E-state index contributed by atoms with van der Waals surface area (Å²) >= 11 is 0. The first-order chi connectivity index (χ1) is 5.41. The fourth-order valence-electron chi connectivity index (χ4n) is 1.80. The molecule has 1 saturated heterocycles. The van der Waals surface area contributed by atoms with E-state index in [0.29, 0.717) is 5.92 Å². The highest BCUT2D eigenvalue weighted by Crippen LogP contribution is 2.25. The van der Waals surface area contributed by atoms with E-state index < -0.39 is 0 Å². The van der Waals surface area contributed by atoms with E-state index in [9.17, 15) is 4.79 Å². The number of hydrogen-bond donors (Lipinski definition) is 0. The van der Waals surface area contributed by atoms with Crippen LogP contribution in [0.5, 0.6) is 0 Å². The van der Waals surface area contributed by atoms with Crippen LogP contribution in [0.2, 0.25) is 0 Å². The zero-order valence-corrected chi connectivity index (χ0v) is 8.26. The summed E-state index contributed by atoms with van der Waals surface area (Å²) in [6, 6.07) is 0. The Kier molecular flexibility index (Phi) is 2.31. The summed E-state index contributed by atoms with van der Waals surface area (Å²) in [5.41, 5.74) is -0.304. The van der Waals surface area contributed by atoms with E-state index >= 15 is 0 Å². The Bertz CT molecular complexity index is 189. The average Bonchev–Trinajstić information content (AvgIpc) is 1.89. The quantitative estimate of drug-likeness (QED) is 0.557. The molecule has 1 heterocycles. The van der Waals surface area contributed by atoms with Crippen LogP contribution in [0.15, 0.2) is 0 Å². The van der Waals surface area contributed by atoms with Crippen LogP contribution in [0.1, 0.15) is 27.2 Å². The number of nitrogens with zero attached hydrogens (tertiary/aromatic N) is 1. The highest BCUT2D eigenvalue weighted by atomic mass is 16.6. The second kappa shape index (κ2) is 2.96. The van der Waals surface area contributed by atoms with Gasteiger partial charge in [-0.3, -0.25) is 0 Å². The molecule has 0 saturated carbocycles. The van der Waals surface area contributed by atoms with Gasteiger partial charge in [-0.15, -0.1) is 0 Å². The number of carbonyl (C=O) groups excluding carboxylic acids is 1. The molecule has 1 rings (SSSR count). The van der Waals surface area contributed by atoms with Crippen molar-refractivity contribution in [2.45, 2.75) is 32.8 Å². The van der Waals surface area contributed by atoms with Gasteiger partial charge < -0.3 is 9.64 Å². The van der Waals surface area contributed by atoms with Crippen molar-refractivity contribution in [1.82, 2.24) is 4.90 Å². The maximum Gasteiger partial charge on any atom is 0.410 e. The van der Waals surface area contributed by atoms with Crippen molar-refractivity contribution < 1.29 is 9.53 Å². The van der Waals surface area contributed by atoms with Crippen LogP contribution >= 0.6 is 0 Å². The fraction of sp³-hybridized carbons (Fsp3) is 0.889. The standard InChI is InChI=1S/C9H17NO2/c1-7-5-9(2,3)12-8(11)10(4)6-7/h7H,5-6H2,1-4H3/t7-/m1/s1. The molecule has 0 aromatic carbocycles. The lowest BCUT2D eigenvalue weighted by molar-refractivity contribution is 0.0256. The summed E-state index contributed by atoms with van der Waals surface area (Å²) in [5, 5.41) is 0. The summed E-state index contributed by atoms with van der Waals surface area (Å²) in [7, 11) is 1.78. The van der Waals surface area contributed by atoms with Crippen LogP contribution < -0.4 is 0 Å². The van der Waals surface area contributed by atoms with Crippen molar-refractivity contribution >= 4 is 6.09 Å². The van der Waals surface area contributed by atoms with Crippen LogP contribution in [-0.4, -0.2) is 30.2 Å². The molecule has 0 spiro atoms. The number of ether oxygens (including phenoxy) is 1. The zero-order chi connectivity index (χ0) is 9.35. The number of cyclic esters (lactones) is 1. The third-order valence-electron chi connectivity index (χ3n) is 2.10. The van der Waals surface area contributed by atoms with Gasteiger partial charge in [0.25, 0.3) is 0 Å². The van der Waals surface area contributed by atoms with E-state index in [0.717, 1.165) is 13.0 Å². The molecular formula is C9H17NO2. The summed E-state index contributed by atoms with van der Waals surface area (Å²) in [6.45, 7) is 6.85. The van der Waals surface area contributed by atoms with Gasteiger partial charge in [0.15, 0.2) is 0 Å². The number of amides is 1. The highest BCUT2D eigenvalue weighted by Gasteiger charge is 2.31. The molecule has 0 unspecified atom stereocenters. The lowest BCUT2D eigenvalue weighted by Gasteiger charge is -2.23. The SMILES string of the molecule is C[C@H]1CN(C)C(=O)OC(C)(C)C1. The predicted octanol–water partition coefficient (Wildman–Crippen LogP) is 1.87. The minimum absolute atomic E-state index is 0.204. The number of rotatable bonds is 0. The first-order valence-corrected chi connectivity index (χ1v) is 4.35. The topological polar surface area (TPSA) is 29.5 Å². The highest BCUT2D eigenvalue weighted by molar-refractivity contribution is 5.68. The molecule has 3 nitrogen and oxygen atoms in total. The Balaban J connectivity index is 2.73. The Morgan fingerprint density at radius 2 is 2.17 bits per heavy atom. The van der Waals surface area contributed by atoms with Gasteiger partial charge >= 0.3 is 6.09 Å². The van der Waals surface area contributed by atoms with E-state index in [1.807, 2.05) is 13.8 Å². The molecule has 0 radical (unpaired) electrons. The molecule has 3 heteroatoms. The molecular weight excluding hydrogens is 154 g/mol. The first-order valence-electron chi connectivity index (χ1n) is 4.35. The smallest absolute Gasteiger partial charge is 0.410 e. The molecule has 1 aliphatic heterocycles. The third-order valence-corrected chi connectivity index (χ3v) is 2.10. The van der Waals surface area contributed by atoms with E-state index in [-0.39, 0.29) is 11.7 Å². The van der Waals surface area contributed by atoms with Gasteiger partial charge in [-0.25, -0.2) is 4.79 Å². The van der Waals surface area contributed by atoms with Crippen molar-refractivity contribution in [3.63, 3.8) is 0 Å². The maximum atomic E-state index is 11.3. The molecule has 0 aromatic heterocycles. The molecule has 0 aromatic rings. The average molecular weight is 171 g/mol. The van der Waals surface area contributed by atoms with Gasteiger partial charge in [0.2, 0.25) is 0 Å². The summed E-state index contributed by atoms with van der Waals surface area (Å²) in [6.07, 6.45) is 0.729. The van der Waals surface area contributed by atoms with Gasteiger partial charge in [0.05, 0.1) is 0 Å². The zero-order valence-electron chi connectivity index (χ0n) is 8.26. The molecule has 12 heavy (non-hydrogen) atoms. The third kappa shape index (κ3) is 2.13. The van der Waals surface area contributed by atoms with Gasteiger partial charge in [-0.1, -0.05) is 6.92 Å². The summed E-state index contributed by atoms with van der Waals surface area (Å²) in [5.74, 6) is 0.511. The molecule has 1 atom stereocenters. The second-order valence-electron chi connectivity index (χ2n) is 4.32. The molecule has 0 N–H and O–H groups in total. The largest absolute Gasteiger partial charge is 0.443 e. The molecule has 1 fully saturated rings. The monoisotopic (exact) mass is 171 g/mol. The van der Waals surface area contributed by atoms with Crippen molar-refractivity contribution in [2.24, 2.45) is 5.92 Å². The van der Waals surface area contributed by atoms with Crippen molar-refractivity contribution in [3.8, 4) is 0 Å². The van der Waals surface area contributed by atoms with E-state index in [2.05, 4.69) is 6.92 Å². The summed E-state index contributed by atoms with van der Waals surface area (Å²) in [4.78, 5) is 12.9. The minimum atomic E-state index is -0.304. The summed E-state index contributed by atoms with van der Waals surface area (Å²) < 4.78 is 5.27. The Hall–Kier alpha value is -0.730. The molecule has 0 bridgehead atoms. The second-order valence-corrected chi connectivity index (χ2v) is 4.32. The van der Waals surface area contributed by atoms with Gasteiger partial charge in [0, 0.05) is 13.6 Å². The Labute approximate surface area is 73.7 Å². The van der Waals surface area contributed by atoms with Crippen LogP contribution in [0, 0.1) is 5.92 Å². The van der Waals surface area contributed by atoms with Crippen molar-refractivity contribution in [2.75, 3.05) is 13.6 Å². The lowest BCUT2D eigenvalue weighted by Crippen LogP contribution is -2.31. The van der Waals surface area contributed by atoms with Crippen LogP contribution in [-0.2, 0) is 4.74 Å². The minimum Gasteiger partial charge on any atom is -0.443 e. The Morgan fingerprint density at radius 3 is 2.75 bits per heavy atom. The van der Waals surface area contributed by atoms with Crippen molar-refractivity contribution in [3.05, 3.63) is 0 Å². The van der Waals surface area contributed by atoms with E-state index in [1.165, 1.54) is 0 Å². The lowest BCUT2D eigenvalue weighted by atomic mass is 9.95. The fourth-order valence-corrected chi connectivity index (χ4v) is 1.80. The first kappa shape index (κ1) is 9.36. The van der Waals surface area contributed by atoms with E-state index in [4.69, 9.17) is 4.74 Å². The predicted molar refractivity (Wildman–Crippen MR) is 47.0 cm³/mol. The number of carbonyl (C=O) groups is 1. The van der Waals surface area contributed by atoms with Crippen molar-refractivity contribution in [1.29, 1.82) is 0 Å². The molecule has 70 valence electrons. The molecule has 1 aliphatic rings. The molecule has 1 amide bonds. The maximum absolute atomic E-state index is 11.3. The van der Waals surface area contributed by atoms with Crippen LogP contribution in [0.4, 0.5) is 4.79 Å². The van der Waals surface area contributed by atoms with Gasteiger partial charge in [0.1, 0.15) is 5.60 Å².